The van der Waals surface area contributed by atoms with Crippen LogP contribution in [0.25, 0.3) is 11.2 Å². The van der Waals surface area contributed by atoms with Gasteiger partial charge in [0.25, 0.3) is 0 Å². The van der Waals surface area contributed by atoms with Gasteiger partial charge in [-0.05, 0) is 24.4 Å². The zero-order valence-corrected chi connectivity index (χ0v) is 10.8. The zero-order chi connectivity index (χ0) is 13.4. The van der Waals surface area contributed by atoms with Gasteiger partial charge in [-0.1, -0.05) is 0 Å². The van der Waals surface area contributed by atoms with Crippen molar-refractivity contribution in [1.29, 1.82) is 0 Å². The molecule has 2 N–H and O–H groups in total. The maximum atomic E-state index is 11.1. The summed E-state index contributed by atoms with van der Waals surface area (Å²) in [5, 5.41) is 9.24. The smallest absolute Gasteiger partial charge is 0.308 e. The molecule has 3 rings (SSSR count). The number of anilines is 1. The fourth-order valence-corrected chi connectivity index (χ4v) is 2.55. The Morgan fingerprint density at radius 3 is 3.16 bits per heavy atom. The Bertz CT molecular complexity index is 629. The number of halogens is 1. The summed E-state index contributed by atoms with van der Waals surface area (Å²) >= 11 is 5.88. The monoisotopic (exact) mass is 281 g/mol. The van der Waals surface area contributed by atoms with Crippen LogP contribution in [0.4, 0.5) is 5.82 Å². The van der Waals surface area contributed by atoms with Crippen molar-refractivity contribution in [3.8, 4) is 0 Å². The Balaban J connectivity index is 1.99. The van der Waals surface area contributed by atoms with Crippen molar-refractivity contribution in [2.75, 3.05) is 18.0 Å². The molecule has 1 atom stereocenters. The number of aromatic nitrogens is 4. The highest BCUT2D eigenvalue weighted by molar-refractivity contribution is 6.28. The molecule has 2 aromatic rings. The van der Waals surface area contributed by atoms with Gasteiger partial charge in [0.05, 0.1) is 12.2 Å². The number of H-pyrrole nitrogens is 1. The second-order valence-electron chi connectivity index (χ2n) is 4.54. The Labute approximate surface area is 113 Å². The number of rotatable bonds is 2. The zero-order valence-electron chi connectivity index (χ0n) is 10.0. The van der Waals surface area contributed by atoms with E-state index in [0.29, 0.717) is 29.9 Å². The molecular formula is C11H12ClN5O2. The molecule has 1 fully saturated rings. The summed E-state index contributed by atoms with van der Waals surface area (Å²) in [5.41, 5.74) is 1.18. The lowest BCUT2D eigenvalue weighted by Crippen LogP contribution is -2.39. The highest BCUT2D eigenvalue weighted by Gasteiger charge is 2.27. The second-order valence-corrected chi connectivity index (χ2v) is 4.88. The van der Waals surface area contributed by atoms with Crippen molar-refractivity contribution in [2.24, 2.45) is 5.92 Å². The number of nitrogens with zero attached hydrogens (tertiary/aromatic N) is 4. The minimum atomic E-state index is -0.772. The second kappa shape index (κ2) is 4.65. The van der Waals surface area contributed by atoms with E-state index in [9.17, 15) is 4.79 Å². The summed E-state index contributed by atoms with van der Waals surface area (Å²) in [7, 11) is 0. The maximum absolute atomic E-state index is 11.1. The van der Waals surface area contributed by atoms with Crippen molar-refractivity contribution in [3.05, 3.63) is 11.6 Å². The molecule has 100 valence electrons. The third-order valence-corrected chi connectivity index (χ3v) is 3.48. The third kappa shape index (κ3) is 2.21. The van der Waals surface area contributed by atoms with Gasteiger partial charge in [-0.3, -0.25) is 4.79 Å². The highest BCUT2D eigenvalue weighted by Crippen LogP contribution is 2.27. The quantitative estimate of drug-likeness (QED) is 0.806. The Morgan fingerprint density at radius 1 is 1.53 bits per heavy atom. The lowest BCUT2D eigenvalue weighted by molar-refractivity contribution is -0.141. The van der Waals surface area contributed by atoms with E-state index in [1.54, 1.807) is 0 Å². The van der Waals surface area contributed by atoms with Crippen LogP contribution in [-0.2, 0) is 4.79 Å². The van der Waals surface area contributed by atoms with E-state index in [1.165, 1.54) is 6.33 Å². The van der Waals surface area contributed by atoms with E-state index < -0.39 is 5.97 Å². The number of carboxylic acids is 1. The minimum absolute atomic E-state index is 0.118. The molecule has 1 saturated heterocycles. The van der Waals surface area contributed by atoms with E-state index in [1.807, 2.05) is 4.90 Å². The van der Waals surface area contributed by atoms with Crippen LogP contribution in [-0.4, -0.2) is 44.1 Å². The first-order valence-electron chi connectivity index (χ1n) is 5.99. The Hall–Kier alpha value is -1.89. The van der Waals surface area contributed by atoms with E-state index in [-0.39, 0.29) is 11.2 Å². The molecule has 0 radical (unpaired) electrons. The lowest BCUT2D eigenvalue weighted by atomic mass is 9.98. The van der Waals surface area contributed by atoms with Gasteiger partial charge in [0.15, 0.2) is 11.5 Å². The van der Waals surface area contributed by atoms with Crippen LogP contribution < -0.4 is 4.90 Å². The van der Waals surface area contributed by atoms with Crippen LogP contribution >= 0.6 is 11.6 Å². The Kier molecular flexibility index (Phi) is 2.98. The largest absolute Gasteiger partial charge is 0.481 e. The van der Waals surface area contributed by atoms with Crippen molar-refractivity contribution in [2.45, 2.75) is 12.8 Å². The third-order valence-electron chi connectivity index (χ3n) is 3.31. The molecule has 0 aliphatic carbocycles. The number of nitrogens with one attached hydrogen (secondary N) is 1. The summed E-state index contributed by atoms with van der Waals surface area (Å²) < 4.78 is 0. The van der Waals surface area contributed by atoms with Gasteiger partial charge in [-0.25, -0.2) is 4.98 Å². The van der Waals surface area contributed by atoms with Crippen LogP contribution in [0.1, 0.15) is 12.8 Å². The first-order valence-corrected chi connectivity index (χ1v) is 6.37. The van der Waals surface area contributed by atoms with E-state index in [4.69, 9.17) is 16.7 Å². The molecule has 19 heavy (non-hydrogen) atoms. The summed E-state index contributed by atoms with van der Waals surface area (Å²) in [4.78, 5) is 28.3. The van der Waals surface area contributed by atoms with Gasteiger partial charge in [-0.2, -0.15) is 9.97 Å². The minimum Gasteiger partial charge on any atom is -0.481 e. The Morgan fingerprint density at radius 2 is 2.37 bits per heavy atom. The van der Waals surface area contributed by atoms with Crippen LogP contribution in [0, 0.1) is 5.92 Å². The van der Waals surface area contributed by atoms with Crippen LogP contribution in [0.2, 0.25) is 5.28 Å². The van der Waals surface area contributed by atoms with Gasteiger partial charge < -0.3 is 15.0 Å². The number of carbonyl (C=O) groups is 1. The summed E-state index contributed by atoms with van der Waals surface area (Å²) in [5.74, 6) is -0.524. The van der Waals surface area contributed by atoms with Crippen LogP contribution in [0.3, 0.4) is 0 Å². The number of aliphatic carboxylic acids is 1. The first-order chi connectivity index (χ1) is 9.15. The summed E-state index contributed by atoms with van der Waals surface area (Å²) in [6.45, 7) is 1.18. The average molecular weight is 282 g/mol. The van der Waals surface area contributed by atoms with Crippen molar-refractivity contribution < 1.29 is 9.90 Å². The molecule has 8 heteroatoms. The number of fused-ring (bicyclic) bond motifs is 1. The van der Waals surface area contributed by atoms with Crippen LogP contribution in [0.15, 0.2) is 6.33 Å². The molecule has 3 heterocycles. The van der Waals surface area contributed by atoms with E-state index in [2.05, 4.69) is 19.9 Å². The average Bonchev–Trinajstić information content (AvgIpc) is 2.85. The molecule has 1 aliphatic heterocycles. The van der Waals surface area contributed by atoms with Crippen molar-refractivity contribution >= 4 is 34.6 Å². The number of imidazole rings is 1. The summed E-state index contributed by atoms with van der Waals surface area (Å²) in [6, 6.07) is 0. The molecule has 1 unspecified atom stereocenters. The van der Waals surface area contributed by atoms with Crippen molar-refractivity contribution in [1.82, 2.24) is 19.9 Å². The number of hydrogen-bond donors (Lipinski definition) is 2. The van der Waals surface area contributed by atoms with Crippen LogP contribution in [0.5, 0.6) is 0 Å². The number of aromatic amines is 1. The predicted molar refractivity (Wildman–Crippen MR) is 69.3 cm³/mol. The molecule has 0 amide bonds. The summed E-state index contributed by atoms with van der Waals surface area (Å²) in [6.07, 6.45) is 3.03. The lowest BCUT2D eigenvalue weighted by Gasteiger charge is -2.31. The van der Waals surface area contributed by atoms with Gasteiger partial charge in [0.2, 0.25) is 5.28 Å². The molecule has 0 aromatic carbocycles. The highest BCUT2D eigenvalue weighted by atomic mass is 35.5. The standard InChI is InChI=1S/C11H12ClN5O2/c12-11-15-8-7(13-5-14-8)9(16-11)17-3-1-2-6(4-17)10(18)19/h5-6H,1-4H2,(H,18,19)(H,13,14,15,16). The fraction of sp³-hybridized carbons (Fsp3) is 0.455. The number of hydrogen-bond acceptors (Lipinski definition) is 5. The van der Waals surface area contributed by atoms with Crippen molar-refractivity contribution in [3.63, 3.8) is 0 Å². The molecule has 1 aliphatic rings. The number of piperidine rings is 1. The van der Waals surface area contributed by atoms with E-state index >= 15 is 0 Å². The van der Waals surface area contributed by atoms with Gasteiger partial charge in [0.1, 0.15) is 5.52 Å². The molecule has 0 spiro atoms. The normalized spacial score (nSPS) is 19.8. The van der Waals surface area contributed by atoms with Gasteiger partial charge in [-0.15, -0.1) is 0 Å². The molecular weight excluding hydrogens is 270 g/mol. The topological polar surface area (TPSA) is 95.0 Å². The first kappa shape index (κ1) is 12.2. The fourth-order valence-electron chi connectivity index (χ4n) is 2.39. The maximum Gasteiger partial charge on any atom is 0.308 e. The molecule has 7 nitrogen and oxygen atoms in total. The number of carboxylic acid groups (broad SMARTS) is 1. The predicted octanol–water partition coefficient (Wildman–Crippen LogP) is 1.31. The molecule has 0 bridgehead atoms. The molecule has 2 aromatic heterocycles. The van der Waals surface area contributed by atoms with Gasteiger partial charge in [0, 0.05) is 13.1 Å². The molecule has 0 saturated carbocycles. The SMILES string of the molecule is O=C(O)C1CCCN(c2nc(Cl)nc3nc[nH]c23)C1. The van der Waals surface area contributed by atoms with E-state index in [0.717, 1.165) is 13.0 Å². The van der Waals surface area contributed by atoms with Gasteiger partial charge >= 0.3 is 5.97 Å².